The molecule has 2 saturated heterocycles. The standard InChI is InChI=1S/C22H34N4O2/c1-17-5-3-11-25(13-17)15-21(27)23-19-7-9-20(10-8-19)24-22(28)16-26-12-4-6-18(2)14-26/h7-10,17-18H,3-6,11-16H2,1-2H3,(H,23,27)(H,24,28)/p+2/t17-,18-/m0/s1. The van der Waals surface area contributed by atoms with Gasteiger partial charge in [0.05, 0.1) is 26.2 Å². The van der Waals surface area contributed by atoms with Gasteiger partial charge in [0.25, 0.3) is 11.8 Å². The molecule has 0 bridgehead atoms. The molecule has 1 aromatic rings. The molecular formula is C22H36N4O2+2. The fourth-order valence-corrected chi connectivity index (χ4v) is 4.62. The number of amides is 2. The molecule has 2 fully saturated rings. The number of anilines is 2. The van der Waals surface area contributed by atoms with Crippen molar-refractivity contribution in [3.05, 3.63) is 24.3 Å². The summed E-state index contributed by atoms with van der Waals surface area (Å²) >= 11 is 0. The van der Waals surface area contributed by atoms with Crippen LogP contribution in [0.3, 0.4) is 0 Å². The quantitative estimate of drug-likeness (QED) is 0.562. The van der Waals surface area contributed by atoms with Crippen molar-refractivity contribution in [1.82, 2.24) is 0 Å². The zero-order valence-corrected chi connectivity index (χ0v) is 17.4. The highest BCUT2D eigenvalue weighted by atomic mass is 16.2. The molecular weight excluding hydrogens is 352 g/mol. The molecule has 1 aromatic carbocycles. The normalized spacial score (nSPS) is 27.8. The smallest absolute Gasteiger partial charge is 0.279 e. The number of carbonyl (C=O) groups is 2. The van der Waals surface area contributed by atoms with Gasteiger partial charge in [-0.2, -0.15) is 0 Å². The summed E-state index contributed by atoms with van der Waals surface area (Å²) in [5.41, 5.74) is 1.56. The first-order valence-electron chi connectivity index (χ1n) is 10.8. The van der Waals surface area contributed by atoms with Crippen molar-refractivity contribution in [2.45, 2.75) is 39.5 Å². The van der Waals surface area contributed by atoms with E-state index in [1.807, 2.05) is 24.3 Å². The number of nitrogens with one attached hydrogen (secondary N) is 4. The van der Waals surface area contributed by atoms with Gasteiger partial charge in [-0.3, -0.25) is 9.59 Å². The Morgan fingerprint density at radius 3 is 1.57 bits per heavy atom. The molecule has 154 valence electrons. The van der Waals surface area contributed by atoms with Gasteiger partial charge in [-0.05, 0) is 49.9 Å². The third-order valence-electron chi connectivity index (χ3n) is 6.00. The molecule has 2 unspecified atom stereocenters. The number of piperidine rings is 2. The zero-order chi connectivity index (χ0) is 19.9. The molecule has 4 N–H and O–H groups in total. The van der Waals surface area contributed by atoms with E-state index in [-0.39, 0.29) is 11.8 Å². The van der Waals surface area contributed by atoms with Gasteiger partial charge in [-0.1, -0.05) is 13.8 Å². The minimum absolute atomic E-state index is 0.0590. The molecule has 28 heavy (non-hydrogen) atoms. The Morgan fingerprint density at radius 2 is 1.21 bits per heavy atom. The zero-order valence-electron chi connectivity index (χ0n) is 17.4. The van der Waals surface area contributed by atoms with Gasteiger partial charge in [0.2, 0.25) is 0 Å². The van der Waals surface area contributed by atoms with E-state index in [1.165, 1.54) is 35.5 Å². The number of hydrogen-bond donors (Lipinski definition) is 4. The number of benzene rings is 1. The van der Waals surface area contributed by atoms with Crippen molar-refractivity contribution >= 4 is 23.2 Å². The average molecular weight is 389 g/mol. The van der Waals surface area contributed by atoms with Crippen LogP contribution in [0.15, 0.2) is 24.3 Å². The third-order valence-corrected chi connectivity index (χ3v) is 6.00. The van der Waals surface area contributed by atoms with E-state index in [2.05, 4.69) is 24.5 Å². The summed E-state index contributed by atoms with van der Waals surface area (Å²) in [4.78, 5) is 27.3. The number of rotatable bonds is 6. The van der Waals surface area contributed by atoms with E-state index in [0.29, 0.717) is 24.9 Å². The molecule has 0 aliphatic carbocycles. The second-order valence-electron chi connectivity index (χ2n) is 8.93. The maximum absolute atomic E-state index is 12.3. The lowest BCUT2D eigenvalue weighted by molar-refractivity contribution is -0.900. The van der Waals surface area contributed by atoms with E-state index in [0.717, 1.165) is 37.6 Å². The predicted molar refractivity (Wildman–Crippen MR) is 112 cm³/mol. The molecule has 2 heterocycles. The molecule has 2 amide bonds. The maximum atomic E-state index is 12.3. The highest BCUT2D eigenvalue weighted by molar-refractivity contribution is 5.93. The Kier molecular flexibility index (Phi) is 7.45. The summed E-state index contributed by atoms with van der Waals surface area (Å²) in [5, 5.41) is 5.96. The first-order valence-corrected chi connectivity index (χ1v) is 10.8. The largest absolute Gasteiger partial charge is 0.327 e. The van der Waals surface area contributed by atoms with Gasteiger partial charge in [0.1, 0.15) is 0 Å². The van der Waals surface area contributed by atoms with Gasteiger partial charge < -0.3 is 20.4 Å². The number of carbonyl (C=O) groups excluding carboxylic acids is 2. The molecule has 0 saturated carbocycles. The Morgan fingerprint density at radius 1 is 0.821 bits per heavy atom. The molecule has 0 spiro atoms. The lowest BCUT2D eigenvalue weighted by Crippen LogP contribution is -3.14. The van der Waals surface area contributed by atoms with Crippen molar-refractivity contribution in [3.8, 4) is 0 Å². The van der Waals surface area contributed by atoms with Crippen LogP contribution in [0, 0.1) is 11.8 Å². The van der Waals surface area contributed by atoms with Gasteiger partial charge in [0.15, 0.2) is 13.1 Å². The molecule has 2 aliphatic rings. The van der Waals surface area contributed by atoms with Crippen molar-refractivity contribution in [3.63, 3.8) is 0 Å². The lowest BCUT2D eigenvalue weighted by Gasteiger charge is -2.27. The fourth-order valence-electron chi connectivity index (χ4n) is 4.62. The molecule has 2 aliphatic heterocycles. The molecule has 6 heteroatoms. The highest BCUT2D eigenvalue weighted by Crippen LogP contribution is 2.13. The van der Waals surface area contributed by atoms with Crippen LogP contribution in [0.5, 0.6) is 0 Å². The Labute approximate surface area is 168 Å². The summed E-state index contributed by atoms with van der Waals surface area (Å²) in [6.07, 6.45) is 4.96. The van der Waals surface area contributed by atoms with Gasteiger partial charge in [-0.25, -0.2) is 0 Å². The van der Waals surface area contributed by atoms with Crippen LogP contribution in [0.1, 0.15) is 39.5 Å². The molecule has 4 atom stereocenters. The first kappa shape index (κ1) is 20.8. The summed E-state index contributed by atoms with van der Waals surface area (Å²) < 4.78 is 0. The first-order chi connectivity index (χ1) is 13.5. The van der Waals surface area contributed by atoms with Crippen LogP contribution >= 0.6 is 0 Å². The highest BCUT2D eigenvalue weighted by Gasteiger charge is 2.23. The van der Waals surface area contributed by atoms with Gasteiger partial charge in [-0.15, -0.1) is 0 Å². The molecule has 0 radical (unpaired) electrons. The summed E-state index contributed by atoms with van der Waals surface area (Å²) in [5.74, 6) is 1.52. The topological polar surface area (TPSA) is 67.1 Å². The van der Waals surface area contributed by atoms with Crippen molar-refractivity contribution < 1.29 is 19.4 Å². The molecule has 6 nitrogen and oxygen atoms in total. The Balaban J connectivity index is 1.42. The van der Waals surface area contributed by atoms with E-state index < -0.39 is 0 Å². The van der Waals surface area contributed by atoms with E-state index in [4.69, 9.17) is 0 Å². The lowest BCUT2D eigenvalue weighted by atomic mass is 10.0. The molecule has 0 aromatic heterocycles. The Hall–Kier alpha value is -1.92. The van der Waals surface area contributed by atoms with E-state index in [1.54, 1.807) is 0 Å². The number of hydrogen-bond acceptors (Lipinski definition) is 2. The van der Waals surface area contributed by atoms with Crippen LogP contribution in [-0.2, 0) is 9.59 Å². The number of likely N-dealkylation sites (tertiary alicyclic amines) is 2. The Bertz CT molecular complexity index is 604. The summed E-state index contributed by atoms with van der Waals surface area (Å²) in [6.45, 7) is 9.90. The predicted octanol–water partition coefficient (Wildman–Crippen LogP) is 0.193. The summed E-state index contributed by atoms with van der Waals surface area (Å²) in [7, 11) is 0. The SMILES string of the molecule is C[C@H]1CCC[NH+](CC(=O)Nc2ccc(NC(=O)C[NH+]3CCC[C@H](C)C3)cc2)C1. The minimum atomic E-state index is 0.0590. The van der Waals surface area contributed by atoms with E-state index in [9.17, 15) is 9.59 Å². The van der Waals surface area contributed by atoms with Crippen LogP contribution in [0.25, 0.3) is 0 Å². The van der Waals surface area contributed by atoms with Crippen molar-refractivity contribution in [2.24, 2.45) is 11.8 Å². The van der Waals surface area contributed by atoms with Gasteiger partial charge in [0, 0.05) is 23.2 Å². The second kappa shape index (κ2) is 10.0. The average Bonchev–Trinajstić information content (AvgIpc) is 2.63. The second-order valence-corrected chi connectivity index (χ2v) is 8.93. The number of quaternary nitrogens is 2. The third kappa shape index (κ3) is 6.60. The van der Waals surface area contributed by atoms with Crippen molar-refractivity contribution in [2.75, 3.05) is 49.9 Å². The fraction of sp³-hybridized carbons (Fsp3) is 0.636. The van der Waals surface area contributed by atoms with Crippen molar-refractivity contribution in [1.29, 1.82) is 0 Å². The summed E-state index contributed by atoms with van der Waals surface area (Å²) in [6, 6.07) is 7.43. The molecule has 3 rings (SSSR count). The van der Waals surface area contributed by atoms with Crippen LogP contribution in [0.4, 0.5) is 11.4 Å². The van der Waals surface area contributed by atoms with Crippen LogP contribution < -0.4 is 20.4 Å². The van der Waals surface area contributed by atoms with Gasteiger partial charge >= 0.3 is 0 Å². The van der Waals surface area contributed by atoms with Crippen LogP contribution in [-0.4, -0.2) is 51.1 Å². The minimum Gasteiger partial charge on any atom is -0.327 e. The maximum Gasteiger partial charge on any atom is 0.279 e. The monoisotopic (exact) mass is 388 g/mol. The van der Waals surface area contributed by atoms with Crippen LogP contribution in [0.2, 0.25) is 0 Å². The van der Waals surface area contributed by atoms with E-state index >= 15 is 0 Å².